The highest BCUT2D eigenvalue weighted by Gasteiger charge is 2.48. The summed E-state index contributed by atoms with van der Waals surface area (Å²) in [6, 6.07) is 2.57. The van der Waals surface area contributed by atoms with Gasteiger partial charge in [0.15, 0.2) is 0 Å². The number of halogens is 4. The summed E-state index contributed by atoms with van der Waals surface area (Å²) in [6.07, 6.45) is -4.72. The first kappa shape index (κ1) is 16.0. The van der Waals surface area contributed by atoms with Gasteiger partial charge in [-0.1, -0.05) is 6.07 Å². The lowest BCUT2D eigenvalue weighted by Crippen LogP contribution is -2.57. The maximum Gasteiger partial charge on any atom is 0.416 e. The molecule has 3 rings (SSSR count). The number of benzene rings is 1. The van der Waals surface area contributed by atoms with E-state index in [0.717, 1.165) is 12.5 Å². The predicted molar refractivity (Wildman–Crippen MR) is 73.3 cm³/mol. The van der Waals surface area contributed by atoms with Crippen LogP contribution in [0.4, 0.5) is 22.4 Å². The minimum Gasteiger partial charge on any atom is -0.465 e. The molecule has 2 aliphatic rings. The minimum atomic E-state index is -4.55. The van der Waals surface area contributed by atoms with Crippen LogP contribution in [0, 0.1) is 11.2 Å². The minimum absolute atomic E-state index is 0.0826. The summed E-state index contributed by atoms with van der Waals surface area (Å²) in [6.45, 7) is 2.47. The van der Waals surface area contributed by atoms with Crippen LogP contribution in [0.15, 0.2) is 18.2 Å². The number of hydrogen-bond acceptors (Lipinski definition) is 2. The van der Waals surface area contributed by atoms with Crippen molar-refractivity contribution in [1.29, 1.82) is 0 Å². The van der Waals surface area contributed by atoms with Crippen LogP contribution in [0.3, 0.4) is 0 Å². The Kier molecular flexibility index (Phi) is 3.74. The molecule has 0 atom stereocenters. The van der Waals surface area contributed by atoms with Crippen LogP contribution in [0.2, 0.25) is 0 Å². The van der Waals surface area contributed by atoms with Crippen molar-refractivity contribution in [3.05, 3.63) is 35.1 Å². The van der Waals surface area contributed by atoms with E-state index in [9.17, 15) is 22.4 Å². The van der Waals surface area contributed by atoms with Gasteiger partial charge in [0.05, 0.1) is 5.56 Å². The number of carboxylic acid groups (broad SMARTS) is 1. The summed E-state index contributed by atoms with van der Waals surface area (Å²) in [7, 11) is 0. The van der Waals surface area contributed by atoms with Crippen LogP contribution in [-0.4, -0.2) is 47.2 Å². The van der Waals surface area contributed by atoms with E-state index in [0.29, 0.717) is 32.2 Å². The van der Waals surface area contributed by atoms with Gasteiger partial charge in [-0.3, -0.25) is 4.90 Å². The third-order valence-electron chi connectivity index (χ3n) is 4.60. The first-order chi connectivity index (χ1) is 10.7. The molecule has 0 unspecified atom stereocenters. The van der Waals surface area contributed by atoms with Crippen molar-refractivity contribution in [2.75, 3.05) is 26.2 Å². The molecule has 1 aromatic rings. The fourth-order valence-corrected chi connectivity index (χ4v) is 3.46. The lowest BCUT2D eigenvalue weighted by molar-refractivity contribution is -0.137. The monoisotopic (exact) mass is 332 g/mol. The van der Waals surface area contributed by atoms with Gasteiger partial charge in [-0.2, -0.15) is 13.2 Å². The third kappa shape index (κ3) is 3.12. The van der Waals surface area contributed by atoms with Gasteiger partial charge in [0.1, 0.15) is 5.82 Å². The first-order valence-corrected chi connectivity index (χ1v) is 7.24. The SMILES string of the molecule is O=C(O)N1CCC2(CN(Cc3ccc(C(F)(F)F)cc3F)C2)C1. The largest absolute Gasteiger partial charge is 0.465 e. The summed E-state index contributed by atoms with van der Waals surface area (Å²) in [5.41, 5.74) is -0.853. The van der Waals surface area contributed by atoms with Crippen molar-refractivity contribution in [3.8, 4) is 0 Å². The van der Waals surface area contributed by atoms with E-state index in [2.05, 4.69) is 0 Å². The maximum absolute atomic E-state index is 13.8. The quantitative estimate of drug-likeness (QED) is 0.847. The molecule has 2 saturated heterocycles. The molecule has 0 aliphatic carbocycles. The van der Waals surface area contributed by atoms with Crippen molar-refractivity contribution in [2.45, 2.75) is 19.1 Å². The number of hydrogen-bond donors (Lipinski definition) is 1. The summed E-state index contributed by atoms with van der Waals surface area (Å²) in [5.74, 6) is -0.862. The maximum atomic E-state index is 13.8. The van der Waals surface area contributed by atoms with Crippen LogP contribution in [-0.2, 0) is 12.7 Å². The van der Waals surface area contributed by atoms with Gasteiger partial charge in [0.25, 0.3) is 0 Å². The Labute approximate surface area is 130 Å². The van der Waals surface area contributed by atoms with E-state index < -0.39 is 23.7 Å². The Hall–Kier alpha value is -1.83. The van der Waals surface area contributed by atoms with Crippen molar-refractivity contribution >= 4 is 6.09 Å². The Morgan fingerprint density at radius 3 is 2.48 bits per heavy atom. The Balaban J connectivity index is 1.59. The second-order valence-electron chi connectivity index (χ2n) is 6.40. The number of nitrogens with zero attached hydrogens (tertiary/aromatic N) is 2. The summed E-state index contributed by atoms with van der Waals surface area (Å²) in [5, 5.41) is 8.97. The fraction of sp³-hybridized carbons (Fsp3) is 0.533. The van der Waals surface area contributed by atoms with Crippen molar-refractivity contribution in [3.63, 3.8) is 0 Å². The van der Waals surface area contributed by atoms with E-state index in [1.165, 1.54) is 11.0 Å². The Morgan fingerprint density at radius 1 is 1.26 bits per heavy atom. The lowest BCUT2D eigenvalue weighted by atomic mass is 9.79. The topological polar surface area (TPSA) is 43.8 Å². The van der Waals surface area contributed by atoms with Crippen molar-refractivity contribution < 1.29 is 27.5 Å². The van der Waals surface area contributed by atoms with Gasteiger partial charge in [-0.15, -0.1) is 0 Å². The lowest BCUT2D eigenvalue weighted by Gasteiger charge is -2.48. The van der Waals surface area contributed by atoms with Crippen molar-refractivity contribution in [2.24, 2.45) is 5.41 Å². The van der Waals surface area contributed by atoms with Gasteiger partial charge >= 0.3 is 12.3 Å². The fourth-order valence-electron chi connectivity index (χ4n) is 3.46. The number of amides is 1. The molecule has 2 aliphatic heterocycles. The van der Waals surface area contributed by atoms with Crippen LogP contribution in [0.25, 0.3) is 0 Å². The molecule has 2 fully saturated rings. The van der Waals surface area contributed by atoms with E-state index in [4.69, 9.17) is 5.11 Å². The smallest absolute Gasteiger partial charge is 0.416 e. The molecule has 1 spiro atoms. The number of rotatable bonds is 2. The molecule has 126 valence electrons. The molecule has 1 aromatic carbocycles. The molecule has 23 heavy (non-hydrogen) atoms. The average molecular weight is 332 g/mol. The number of carbonyl (C=O) groups is 1. The summed E-state index contributed by atoms with van der Waals surface area (Å²) < 4.78 is 51.4. The summed E-state index contributed by atoms with van der Waals surface area (Å²) >= 11 is 0. The van der Waals surface area contributed by atoms with Crippen LogP contribution >= 0.6 is 0 Å². The average Bonchev–Trinajstić information content (AvgIpc) is 2.84. The van der Waals surface area contributed by atoms with Crippen LogP contribution in [0.5, 0.6) is 0 Å². The Morgan fingerprint density at radius 2 is 1.96 bits per heavy atom. The van der Waals surface area contributed by atoms with E-state index >= 15 is 0 Å². The molecule has 0 saturated carbocycles. The number of alkyl halides is 3. The van der Waals surface area contributed by atoms with E-state index in [-0.39, 0.29) is 17.5 Å². The highest BCUT2D eigenvalue weighted by Crippen LogP contribution is 2.40. The second kappa shape index (κ2) is 5.36. The van der Waals surface area contributed by atoms with Crippen LogP contribution in [0.1, 0.15) is 17.5 Å². The molecule has 1 amide bonds. The van der Waals surface area contributed by atoms with Gasteiger partial charge in [-0.05, 0) is 18.6 Å². The van der Waals surface area contributed by atoms with Gasteiger partial charge in [0.2, 0.25) is 0 Å². The zero-order valence-electron chi connectivity index (χ0n) is 12.2. The predicted octanol–water partition coefficient (Wildman–Crippen LogP) is 3.03. The zero-order valence-corrected chi connectivity index (χ0v) is 12.2. The standard InChI is InChI=1S/C15H16F4N2O2/c16-12-5-11(15(17,18)19)2-1-10(12)6-20-7-14(8-20)3-4-21(9-14)13(22)23/h1-2,5H,3-4,6-9H2,(H,22,23). The molecule has 2 heterocycles. The van der Waals surface area contributed by atoms with Crippen molar-refractivity contribution in [1.82, 2.24) is 9.80 Å². The molecule has 0 aromatic heterocycles. The second-order valence-corrected chi connectivity index (χ2v) is 6.40. The van der Waals surface area contributed by atoms with Gasteiger partial charge < -0.3 is 10.0 Å². The first-order valence-electron chi connectivity index (χ1n) is 7.24. The third-order valence-corrected chi connectivity index (χ3v) is 4.60. The van der Waals surface area contributed by atoms with E-state index in [1.807, 2.05) is 4.90 Å². The zero-order chi connectivity index (χ0) is 16.8. The highest BCUT2D eigenvalue weighted by molar-refractivity contribution is 5.65. The molecular formula is C15H16F4N2O2. The molecular weight excluding hydrogens is 316 g/mol. The van der Waals surface area contributed by atoms with E-state index in [1.54, 1.807) is 0 Å². The number of likely N-dealkylation sites (tertiary alicyclic amines) is 2. The molecule has 0 radical (unpaired) electrons. The summed E-state index contributed by atoms with van der Waals surface area (Å²) in [4.78, 5) is 14.2. The van der Waals surface area contributed by atoms with Gasteiger partial charge in [0, 0.05) is 43.7 Å². The molecule has 1 N–H and O–H groups in total. The Bertz CT molecular complexity index is 626. The normalized spacial score (nSPS) is 20.8. The molecule has 8 heteroatoms. The molecule has 4 nitrogen and oxygen atoms in total. The molecule has 0 bridgehead atoms. The van der Waals surface area contributed by atoms with Gasteiger partial charge in [-0.25, -0.2) is 9.18 Å². The highest BCUT2D eigenvalue weighted by atomic mass is 19.4. The van der Waals surface area contributed by atoms with Crippen LogP contribution < -0.4 is 0 Å².